The second kappa shape index (κ2) is 4.17. The summed E-state index contributed by atoms with van der Waals surface area (Å²) in [5.41, 5.74) is 1.51. The number of ether oxygens (including phenoxy) is 2. The molecule has 0 N–H and O–H groups in total. The standard InChI is InChI=1S/C13H17ClO2/c1-13(7-10(13)8-14)9-4-5-11(15-2)12(6-9)16-3/h4-6,10H,7-8H2,1-3H3. The molecule has 3 heteroatoms. The molecule has 1 fully saturated rings. The predicted octanol–water partition coefficient (Wildman–Crippen LogP) is 3.22. The van der Waals surface area contributed by atoms with Crippen LogP contribution >= 0.6 is 11.6 Å². The van der Waals surface area contributed by atoms with Gasteiger partial charge < -0.3 is 9.47 Å². The molecule has 0 radical (unpaired) electrons. The Labute approximate surface area is 102 Å². The number of alkyl halides is 1. The van der Waals surface area contributed by atoms with E-state index in [2.05, 4.69) is 19.1 Å². The molecule has 0 aliphatic heterocycles. The molecule has 0 amide bonds. The quantitative estimate of drug-likeness (QED) is 0.753. The molecule has 1 saturated carbocycles. The summed E-state index contributed by atoms with van der Waals surface area (Å²) in [6.45, 7) is 2.25. The van der Waals surface area contributed by atoms with E-state index in [1.165, 1.54) is 5.56 Å². The molecule has 88 valence electrons. The Balaban J connectivity index is 2.30. The van der Waals surface area contributed by atoms with Crippen LogP contribution in [-0.4, -0.2) is 20.1 Å². The molecule has 0 heterocycles. The summed E-state index contributed by atoms with van der Waals surface area (Å²) in [5.74, 6) is 2.89. The normalized spacial score (nSPS) is 27.6. The van der Waals surface area contributed by atoms with E-state index in [9.17, 15) is 0 Å². The van der Waals surface area contributed by atoms with E-state index in [-0.39, 0.29) is 5.41 Å². The lowest BCUT2D eigenvalue weighted by Crippen LogP contribution is -2.06. The lowest BCUT2D eigenvalue weighted by atomic mass is 9.95. The molecule has 2 nitrogen and oxygen atoms in total. The van der Waals surface area contributed by atoms with Gasteiger partial charge in [0.1, 0.15) is 0 Å². The van der Waals surface area contributed by atoms with Gasteiger partial charge in [-0.15, -0.1) is 11.6 Å². The molecule has 2 unspecified atom stereocenters. The molecule has 1 aromatic carbocycles. The summed E-state index contributed by atoms with van der Waals surface area (Å²) in [6, 6.07) is 6.13. The van der Waals surface area contributed by atoms with Crippen LogP contribution in [-0.2, 0) is 5.41 Å². The summed E-state index contributed by atoms with van der Waals surface area (Å²) in [6.07, 6.45) is 1.16. The molecule has 16 heavy (non-hydrogen) atoms. The van der Waals surface area contributed by atoms with Crippen molar-refractivity contribution < 1.29 is 9.47 Å². The third-order valence-electron chi connectivity index (χ3n) is 3.64. The highest BCUT2D eigenvalue weighted by molar-refractivity contribution is 6.18. The molecule has 2 rings (SSSR count). The maximum Gasteiger partial charge on any atom is 0.161 e. The molecule has 0 saturated heterocycles. The summed E-state index contributed by atoms with van der Waals surface area (Å²) in [7, 11) is 3.31. The van der Waals surface area contributed by atoms with Crippen LogP contribution in [0.1, 0.15) is 18.9 Å². The van der Waals surface area contributed by atoms with Gasteiger partial charge in [0.15, 0.2) is 11.5 Å². The van der Waals surface area contributed by atoms with Crippen molar-refractivity contribution in [3.05, 3.63) is 23.8 Å². The van der Waals surface area contributed by atoms with Crippen LogP contribution in [0.3, 0.4) is 0 Å². The van der Waals surface area contributed by atoms with Gasteiger partial charge in [-0.1, -0.05) is 13.0 Å². The number of benzene rings is 1. The fourth-order valence-corrected chi connectivity index (χ4v) is 2.67. The Bertz CT molecular complexity index is 392. The zero-order valence-electron chi connectivity index (χ0n) is 9.92. The molecule has 2 atom stereocenters. The summed E-state index contributed by atoms with van der Waals surface area (Å²) >= 11 is 5.91. The van der Waals surface area contributed by atoms with Crippen molar-refractivity contribution in [1.82, 2.24) is 0 Å². The first-order valence-electron chi connectivity index (χ1n) is 5.44. The van der Waals surface area contributed by atoms with E-state index in [0.29, 0.717) is 5.92 Å². The van der Waals surface area contributed by atoms with Crippen LogP contribution in [0.4, 0.5) is 0 Å². The van der Waals surface area contributed by atoms with Gasteiger partial charge in [0.05, 0.1) is 14.2 Å². The van der Waals surface area contributed by atoms with Crippen molar-refractivity contribution in [2.75, 3.05) is 20.1 Å². The van der Waals surface area contributed by atoms with Gasteiger partial charge in [0, 0.05) is 5.88 Å². The molecule has 1 aliphatic rings. The minimum Gasteiger partial charge on any atom is -0.493 e. The van der Waals surface area contributed by atoms with Gasteiger partial charge in [-0.25, -0.2) is 0 Å². The number of hydrogen-bond acceptors (Lipinski definition) is 2. The largest absolute Gasteiger partial charge is 0.493 e. The van der Waals surface area contributed by atoms with E-state index in [0.717, 1.165) is 23.8 Å². The van der Waals surface area contributed by atoms with Crippen LogP contribution in [0.2, 0.25) is 0 Å². The highest BCUT2D eigenvalue weighted by Gasteiger charge is 2.50. The van der Waals surface area contributed by atoms with E-state index in [1.54, 1.807) is 14.2 Å². The van der Waals surface area contributed by atoms with Gasteiger partial charge in [-0.2, -0.15) is 0 Å². The average Bonchev–Trinajstić information content (AvgIpc) is 3.01. The molecular weight excluding hydrogens is 224 g/mol. The van der Waals surface area contributed by atoms with Gasteiger partial charge in [0.2, 0.25) is 0 Å². The van der Waals surface area contributed by atoms with E-state index < -0.39 is 0 Å². The molecule has 0 bridgehead atoms. The zero-order chi connectivity index (χ0) is 11.8. The van der Waals surface area contributed by atoms with Crippen molar-refractivity contribution in [3.63, 3.8) is 0 Å². The van der Waals surface area contributed by atoms with Crippen LogP contribution in [0, 0.1) is 5.92 Å². The smallest absolute Gasteiger partial charge is 0.161 e. The maximum atomic E-state index is 5.91. The van der Waals surface area contributed by atoms with Crippen LogP contribution < -0.4 is 9.47 Å². The number of rotatable bonds is 4. The van der Waals surface area contributed by atoms with Gasteiger partial charge in [-0.3, -0.25) is 0 Å². The first kappa shape index (κ1) is 11.6. The Morgan fingerprint density at radius 1 is 1.31 bits per heavy atom. The fourth-order valence-electron chi connectivity index (χ4n) is 2.22. The molecule has 0 aromatic heterocycles. The van der Waals surface area contributed by atoms with Crippen molar-refractivity contribution in [3.8, 4) is 11.5 Å². The van der Waals surface area contributed by atoms with E-state index in [4.69, 9.17) is 21.1 Å². The first-order chi connectivity index (χ1) is 7.65. The summed E-state index contributed by atoms with van der Waals surface area (Å²) < 4.78 is 10.5. The Hall–Kier alpha value is -0.890. The maximum absolute atomic E-state index is 5.91. The van der Waals surface area contributed by atoms with Crippen molar-refractivity contribution in [1.29, 1.82) is 0 Å². The average molecular weight is 241 g/mol. The number of hydrogen-bond donors (Lipinski definition) is 0. The minimum absolute atomic E-state index is 0.224. The second-order valence-electron chi connectivity index (χ2n) is 4.54. The monoisotopic (exact) mass is 240 g/mol. The summed E-state index contributed by atoms with van der Waals surface area (Å²) in [4.78, 5) is 0. The second-order valence-corrected chi connectivity index (χ2v) is 4.85. The van der Waals surface area contributed by atoms with Gasteiger partial charge in [-0.05, 0) is 35.4 Å². The summed E-state index contributed by atoms with van der Waals surface area (Å²) in [5, 5.41) is 0. The minimum atomic E-state index is 0.224. The molecular formula is C13H17ClO2. The van der Waals surface area contributed by atoms with E-state index in [1.807, 2.05) is 6.07 Å². The Morgan fingerprint density at radius 3 is 2.50 bits per heavy atom. The lowest BCUT2D eigenvalue weighted by molar-refractivity contribution is 0.354. The Morgan fingerprint density at radius 2 is 2.00 bits per heavy atom. The van der Waals surface area contributed by atoms with Gasteiger partial charge >= 0.3 is 0 Å². The third-order valence-corrected chi connectivity index (χ3v) is 4.01. The zero-order valence-corrected chi connectivity index (χ0v) is 10.7. The van der Waals surface area contributed by atoms with Crippen molar-refractivity contribution in [2.24, 2.45) is 5.92 Å². The van der Waals surface area contributed by atoms with Crippen LogP contribution in [0.5, 0.6) is 11.5 Å². The molecule has 1 aliphatic carbocycles. The van der Waals surface area contributed by atoms with Crippen LogP contribution in [0.25, 0.3) is 0 Å². The molecule has 1 aromatic rings. The molecule has 0 spiro atoms. The number of methoxy groups -OCH3 is 2. The first-order valence-corrected chi connectivity index (χ1v) is 5.97. The topological polar surface area (TPSA) is 18.5 Å². The van der Waals surface area contributed by atoms with Crippen molar-refractivity contribution in [2.45, 2.75) is 18.8 Å². The lowest BCUT2D eigenvalue weighted by Gasteiger charge is -2.14. The highest BCUT2D eigenvalue weighted by atomic mass is 35.5. The highest BCUT2D eigenvalue weighted by Crippen LogP contribution is 2.55. The Kier molecular flexibility index (Phi) is 3.02. The third kappa shape index (κ3) is 1.75. The SMILES string of the molecule is COc1ccc(C2(C)CC2CCl)cc1OC. The number of halogens is 1. The van der Waals surface area contributed by atoms with E-state index >= 15 is 0 Å². The van der Waals surface area contributed by atoms with Crippen molar-refractivity contribution >= 4 is 11.6 Å². The van der Waals surface area contributed by atoms with Crippen LogP contribution in [0.15, 0.2) is 18.2 Å². The fraction of sp³-hybridized carbons (Fsp3) is 0.538. The predicted molar refractivity (Wildman–Crippen MR) is 65.7 cm³/mol. The van der Waals surface area contributed by atoms with Gasteiger partial charge in [0.25, 0.3) is 0 Å².